The van der Waals surface area contributed by atoms with E-state index in [2.05, 4.69) is 27.6 Å². The molecule has 0 atom stereocenters. The highest BCUT2D eigenvalue weighted by Gasteiger charge is 1.97. The Bertz CT molecular complexity index is 713. The van der Waals surface area contributed by atoms with Crippen LogP contribution in [0.5, 0.6) is 0 Å². The third-order valence-corrected chi connectivity index (χ3v) is 7.17. The lowest BCUT2D eigenvalue weighted by Crippen LogP contribution is -1.82. The van der Waals surface area contributed by atoms with Gasteiger partial charge in [-0.25, -0.2) is 15.0 Å². The van der Waals surface area contributed by atoms with Crippen molar-refractivity contribution in [3.63, 3.8) is 0 Å². The average molecular weight is 587 g/mol. The third kappa shape index (κ3) is 23.2. The molecule has 0 saturated heterocycles. The van der Waals surface area contributed by atoms with E-state index in [-0.39, 0.29) is 26.0 Å². The normalized spacial score (nSPS) is 9.00. The van der Waals surface area contributed by atoms with Crippen molar-refractivity contribution >= 4 is 79.0 Å². The number of thiol groups is 1. The first-order valence-corrected chi connectivity index (χ1v) is 15.2. The fourth-order valence-electron chi connectivity index (χ4n) is 1.41. The molecule has 0 aliphatic carbocycles. The van der Waals surface area contributed by atoms with E-state index in [1.54, 1.807) is 61.8 Å². The summed E-state index contributed by atoms with van der Waals surface area (Å²) in [6.45, 7) is 0.410. The molecule has 0 amide bonds. The van der Waals surface area contributed by atoms with Crippen molar-refractivity contribution in [3.8, 4) is 0 Å². The molecule has 3 heterocycles. The number of aliphatic hydroxyl groups excluding tert-OH is 2. The largest absolute Gasteiger partial charge is 0.396 e. The highest BCUT2D eigenvalue weighted by atomic mass is 35.5. The van der Waals surface area contributed by atoms with E-state index in [9.17, 15) is 0 Å². The molecule has 0 bridgehead atoms. The van der Waals surface area contributed by atoms with Gasteiger partial charge in [-0.05, 0) is 68.8 Å². The lowest BCUT2D eigenvalue weighted by atomic mass is 10.5. The summed E-state index contributed by atoms with van der Waals surface area (Å²) in [7, 11) is 6.43. The molecule has 3 rings (SSSR count). The highest BCUT2D eigenvalue weighted by molar-refractivity contribution is 8.77. The van der Waals surface area contributed by atoms with Crippen molar-refractivity contribution in [2.75, 3.05) is 30.1 Å². The second kappa shape index (κ2) is 27.9. The van der Waals surface area contributed by atoms with E-state index in [0.717, 1.165) is 20.8 Å². The number of aliphatic hydroxyl groups is 2. The Balaban J connectivity index is 0. The lowest BCUT2D eigenvalue weighted by Gasteiger charge is -1.97. The molecule has 33 heavy (non-hydrogen) atoms. The quantitative estimate of drug-likeness (QED) is 0.111. The molecule has 0 aromatic carbocycles. The molecule has 0 radical (unpaired) electrons. The Morgan fingerprint density at radius 1 is 0.697 bits per heavy atom. The molecule has 0 saturated carbocycles. The zero-order chi connectivity index (χ0) is 23.7. The Morgan fingerprint density at radius 2 is 1.06 bits per heavy atom. The molecular weight excluding hydrogens is 557 g/mol. The summed E-state index contributed by atoms with van der Waals surface area (Å²) >= 11 is 13.2. The minimum absolute atomic E-state index is 0. The molecule has 0 unspecified atom stereocenters. The second-order valence-corrected chi connectivity index (χ2v) is 10.7. The first-order chi connectivity index (χ1) is 15.7. The summed E-state index contributed by atoms with van der Waals surface area (Å²) in [4.78, 5) is 12.5. The maximum Gasteiger partial charge on any atom is 0.107 e. The van der Waals surface area contributed by atoms with Crippen LogP contribution in [0.15, 0.2) is 88.3 Å². The topological polar surface area (TPSA) is 79.1 Å². The summed E-state index contributed by atoms with van der Waals surface area (Å²) in [5.74, 6) is 1.32. The number of hydrogen-bond acceptors (Lipinski definition) is 10. The minimum Gasteiger partial charge on any atom is -0.396 e. The predicted molar refractivity (Wildman–Crippen MR) is 154 cm³/mol. The van der Waals surface area contributed by atoms with Crippen LogP contribution in [0.3, 0.4) is 0 Å². The van der Waals surface area contributed by atoms with Crippen LogP contribution in [0.2, 0.25) is 0 Å². The molecular formula is C21H29Cl2N3O2S5. The zero-order valence-electron chi connectivity index (χ0n) is 17.0. The van der Waals surface area contributed by atoms with E-state index in [4.69, 9.17) is 33.4 Å². The number of aromatic nitrogens is 3. The van der Waals surface area contributed by atoms with Crippen LogP contribution in [-0.4, -0.2) is 55.2 Å². The minimum atomic E-state index is 0. The number of hydrogen-bond donors (Lipinski definition) is 3. The van der Waals surface area contributed by atoms with Gasteiger partial charge in [-0.2, -0.15) is 12.6 Å². The van der Waals surface area contributed by atoms with Crippen LogP contribution in [0.25, 0.3) is 0 Å². The van der Waals surface area contributed by atoms with Gasteiger partial charge in [0.15, 0.2) is 0 Å². The van der Waals surface area contributed by atoms with Crippen molar-refractivity contribution < 1.29 is 10.2 Å². The number of alkyl halides is 2. The first kappa shape index (κ1) is 34.9. The molecule has 3 aromatic rings. The van der Waals surface area contributed by atoms with E-state index in [0.29, 0.717) is 5.75 Å². The van der Waals surface area contributed by atoms with Crippen LogP contribution in [0.1, 0.15) is 7.43 Å². The van der Waals surface area contributed by atoms with Crippen molar-refractivity contribution in [1.82, 2.24) is 15.0 Å². The Hall–Kier alpha value is -0.300. The standard InChI is InChI=1S/C10H8N2S2.C7H9NOS2.C2H6OS.CH2Cl2.CH4/c1-3-7-11-9(5-1)13-14-10-6-2-4-8-12-10;9-5-6-10-11-7-3-1-2-4-8-7;3-1-2-4;2-1-3;/h1-8H;1-4,9H,5-6H2;3-4H,1-2H2;1H2;1H4. The van der Waals surface area contributed by atoms with Crippen LogP contribution in [0, 0.1) is 0 Å². The molecule has 3 aromatic heterocycles. The van der Waals surface area contributed by atoms with Gasteiger partial charge in [0.25, 0.3) is 0 Å². The first-order valence-electron chi connectivity index (χ1n) is 9.03. The molecule has 2 N–H and O–H groups in total. The highest BCUT2D eigenvalue weighted by Crippen LogP contribution is 2.34. The maximum atomic E-state index is 8.49. The fraction of sp³-hybridized carbons (Fsp3) is 0.286. The van der Waals surface area contributed by atoms with Gasteiger partial charge in [0.2, 0.25) is 0 Å². The monoisotopic (exact) mass is 585 g/mol. The van der Waals surface area contributed by atoms with E-state index in [1.165, 1.54) is 0 Å². The molecule has 0 fully saturated rings. The average Bonchev–Trinajstić information content (AvgIpc) is 2.86. The molecule has 0 aliphatic rings. The fourth-order valence-corrected chi connectivity index (χ4v) is 4.81. The van der Waals surface area contributed by atoms with Gasteiger partial charge in [-0.3, -0.25) is 0 Å². The van der Waals surface area contributed by atoms with Gasteiger partial charge in [-0.1, -0.05) is 36.4 Å². The summed E-state index contributed by atoms with van der Waals surface area (Å²) in [6.07, 6.45) is 5.35. The number of nitrogens with zero attached hydrogens (tertiary/aromatic N) is 3. The van der Waals surface area contributed by atoms with E-state index in [1.807, 2.05) is 54.6 Å². The number of pyridine rings is 3. The van der Waals surface area contributed by atoms with E-state index >= 15 is 0 Å². The summed E-state index contributed by atoms with van der Waals surface area (Å²) in [6, 6.07) is 17.6. The smallest absolute Gasteiger partial charge is 0.107 e. The Morgan fingerprint density at radius 3 is 1.33 bits per heavy atom. The van der Waals surface area contributed by atoms with Crippen LogP contribution in [-0.2, 0) is 0 Å². The summed E-state index contributed by atoms with van der Waals surface area (Å²) < 4.78 is 0. The third-order valence-electron chi connectivity index (χ3n) is 2.54. The predicted octanol–water partition coefficient (Wildman–Crippen LogP) is 7.06. The SMILES string of the molecule is C.ClCCl.OCCS.OCCSSc1ccccn1.c1ccc(SSc2ccccn2)nc1. The zero-order valence-corrected chi connectivity index (χ0v) is 22.7. The van der Waals surface area contributed by atoms with Crippen LogP contribution in [0.4, 0.5) is 0 Å². The second-order valence-electron chi connectivity index (χ2n) is 4.85. The molecule has 5 nitrogen and oxygen atoms in total. The van der Waals surface area contributed by atoms with Gasteiger partial charge in [0, 0.05) is 30.1 Å². The van der Waals surface area contributed by atoms with E-state index < -0.39 is 0 Å². The van der Waals surface area contributed by atoms with Gasteiger partial charge in [0.1, 0.15) is 15.1 Å². The lowest BCUT2D eigenvalue weighted by molar-refractivity contribution is 0.322. The van der Waals surface area contributed by atoms with Gasteiger partial charge in [-0.15, -0.1) is 23.2 Å². The number of halogens is 2. The Kier molecular flexibility index (Phi) is 29.5. The van der Waals surface area contributed by atoms with Gasteiger partial charge in [0.05, 0.1) is 18.6 Å². The number of rotatable bonds is 8. The molecule has 0 aliphatic heterocycles. The van der Waals surface area contributed by atoms with Crippen molar-refractivity contribution in [1.29, 1.82) is 0 Å². The van der Waals surface area contributed by atoms with Crippen molar-refractivity contribution in [2.24, 2.45) is 0 Å². The summed E-state index contributed by atoms with van der Waals surface area (Å²) in [5.41, 5.74) is 0. The van der Waals surface area contributed by atoms with Crippen molar-refractivity contribution in [3.05, 3.63) is 73.2 Å². The molecule has 184 valence electrons. The van der Waals surface area contributed by atoms with Gasteiger partial charge < -0.3 is 10.2 Å². The van der Waals surface area contributed by atoms with Crippen LogP contribution >= 0.6 is 79.0 Å². The van der Waals surface area contributed by atoms with Crippen LogP contribution < -0.4 is 0 Å². The summed E-state index contributed by atoms with van der Waals surface area (Å²) in [5, 5.41) is 19.5. The molecule has 0 spiro atoms. The Labute approximate surface area is 228 Å². The van der Waals surface area contributed by atoms with Gasteiger partial charge >= 0.3 is 0 Å². The molecule has 12 heteroatoms. The maximum absolute atomic E-state index is 8.49. The van der Waals surface area contributed by atoms with Crippen molar-refractivity contribution in [2.45, 2.75) is 22.5 Å².